The summed E-state index contributed by atoms with van der Waals surface area (Å²) in [7, 11) is -2.45. The minimum Gasteiger partial charge on any atom is -0.346 e. The lowest BCUT2D eigenvalue weighted by atomic mass is 10.0. The van der Waals surface area contributed by atoms with Crippen LogP contribution in [0.5, 0.6) is 0 Å². The molecular formula is C13H17NO4S. The number of carbonyl (C=O) groups excluding carboxylic acids is 2. The van der Waals surface area contributed by atoms with Gasteiger partial charge in [-0.1, -0.05) is 6.07 Å². The van der Waals surface area contributed by atoms with E-state index in [1.165, 1.54) is 6.92 Å². The number of ketones is 1. The van der Waals surface area contributed by atoms with Crippen LogP contribution in [0.25, 0.3) is 0 Å². The van der Waals surface area contributed by atoms with Crippen molar-refractivity contribution in [2.45, 2.75) is 19.9 Å². The molecule has 1 amide bonds. The van der Waals surface area contributed by atoms with Crippen molar-refractivity contribution in [2.24, 2.45) is 0 Å². The van der Waals surface area contributed by atoms with Crippen molar-refractivity contribution in [1.29, 1.82) is 0 Å². The molecule has 1 aliphatic rings. The molecule has 0 atom stereocenters. The van der Waals surface area contributed by atoms with Crippen LogP contribution < -0.4 is 5.32 Å². The van der Waals surface area contributed by atoms with Crippen molar-refractivity contribution in [2.75, 3.05) is 11.5 Å². The Bertz CT molecular complexity index is 533. The van der Waals surface area contributed by atoms with Crippen LogP contribution in [0.3, 0.4) is 0 Å². The lowest BCUT2D eigenvalue weighted by Crippen LogP contribution is -2.50. The van der Waals surface area contributed by atoms with Crippen molar-refractivity contribution in [3.63, 3.8) is 0 Å². The Hall–Kier alpha value is -1.37. The Labute approximate surface area is 113 Å². The molecule has 3 N–H and O–H groups in total. The number of carbonyl (C=O) groups is 2. The van der Waals surface area contributed by atoms with Gasteiger partial charge < -0.3 is 5.32 Å². The topological polar surface area (TPSA) is 86.6 Å². The van der Waals surface area contributed by atoms with Gasteiger partial charge in [-0.05, 0) is 31.5 Å². The smallest absolute Gasteiger partial charge is 0.251 e. The maximum absolute atomic E-state index is 12.0. The molecule has 19 heavy (non-hydrogen) atoms. The van der Waals surface area contributed by atoms with Crippen LogP contribution in [-0.4, -0.2) is 38.3 Å². The van der Waals surface area contributed by atoms with Gasteiger partial charge in [-0.2, -0.15) is 10.6 Å². The SMILES string of the molecule is CC(=O)c1ccc(C(=O)NC2CS(O)(O)C2)c(C)c1. The van der Waals surface area contributed by atoms with Gasteiger partial charge in [0.1, 0.15) is 0 Å². The fourth-order valence-corrected chi connectivity index (χ4v) is 3.44. The summed E-state index contributed by atoms with van der Waals surface area (Å²) in [5.41, 5.74) is 1.82. The third-order valence-electron chi connectivity index (χ3n) is 3.15. The van der Waals surface area contributed by atoms with Gasteiger partial charge in [-0.15, -0.1) is 0 Å². The van der Waals surface area contributed by atoms with Crippen LogP contribution in [0.15, 0.2) is 18.2 Å². The summed E-state index contributed by atoms with van der Waals surface area (Å²) < 4.78 is 18.5. The van der Waals surface area contributed by atoms with E-state index in [4.69, 9.17) is 0 Å². The van der Waals surface area contributed by atoms with Gasteiger partial charge in [0.15, 0.2) is 5.78 Å². The fourth-order valence-electron chi connectivity index (χ4n) is 2.08. The Morgan fingerprint density at radius 3 is 2.42 bits per heavy atom. The predicted molar refractivity (Wildman–Crippen MR) is 75.0 cm³/mol. The average Bonchev–Trinajstić information content (AvgIpc) is 2.25. The first-order chi connectivity index (χ1) is 8.78. The monoisotopic (exact) mass is 283 g/mol. The van der Waals surface area contributed by atoms with E-state index in [9.17, 15) is 18.7 Å². The van der Waals surface area contributed by atoms with Crippen molar-refractivity contribution in [3.8, 4) is 0 Å². The molecule has 104 valence electrons. The van der Waals surface area contributed by atoms with Crippen LogP contribution in [0.2, 0.25) is 0 Å². The average molecular weight is 283 g/mol. The highest BCUT2D eigenvalue weighted by Crippen LogP contribution is 2.48. The second-order valence-corrected chi connectivity index (χ2v) is 7.16. The highest BCUT2D eigenvalue weighted by Gasteiger charge is 2.34. The molecule has 1 fully saturated rings. The van der Waals surface area contributed by atoms with Crippen LogP contribution in [0.1, 0.15) is 33.2 Å². The minimum atomic E-state index is -2.45. The third-order valence-corrected chi connectivity index (χ3v) is 5.02. The maximum atomic E-state index is 12.0. The number of Topliss-reactive ketones (excluding diaryl/α,β-unsaturated/α-hetero) is 1. The van der Waals surface area contributed by atoms with E-state index in [1.54, 1.807) is 25.1 Å². The van der Waals surface area contributed by atoms with Crippen LogP contribution >= 0.6 is 10.6 Å². The molecule has 2 rings (SSSR count). The van der Waals surface area contributed by atoms with Gasteiger partial charge in [-0.3, -0.25) is 18.7 Å². The minimum absolute atomic E-state index is 0.0389. The molecule has 0 spiro atoms. The summed E-state index contributed by atoms with van der Waals surface area (Å²) in [4.78, 5) is 23.2. The second kappa shape index (κ2) is 4.96. The largest absolute Gasteiger partial charge is 0.346 e. The molecule has 0 unspecified atom stereocenters. The molecular weight excluding hydrogens is 266 g/mol. The predicted octanol–water partition coefficient (Wildman–Crippen LogP) is 2.06. The third kappa shape index (κ3) is 3.15. The molecule has 0 radical (unpaired) electrons. The van der Waals surface area contributed by atoms with Gasteiger partial charge in [0.25, 0.3) is 5.91 Å². The summed E-state index contributed by atoms with van der Waals surface area (Å²) in [5, 5.41) is 2.75. The van der Waals surface area contributed by atoms with E-state index in [2.05, 4.69) is 5.32 Å². The van der Waals surface area contributed by atoms with Crippen molar-refractivity contribution < 1.29 is 18.7 Å². The number of rotatable bonds is 3. The molecule has 6 heteroatoms. The summed E-state index contributed by atoms with van der Waals surface area (Å²) >= 11 is 0. The van der Waals surface area contributed by atoms with Crippen LogP contribution in [-0.2, 0) is 0 Å². The summed E-state index contributed by atoms with van der Waals surface area (Å²) in [5.74, 6) is 0.169. The first kappa shape index (κ1) is 14.0. The zero-order chi connectivity index (χ0) is 14.2. The molecule has 1 aromatic rings. The van der Waals surface area contributed by atoms with E-state index in [1.807, 2.05) is 0 Å². The fraction of sp³-hybridized carbons (Fsp3) is 0.385. The van der Waals surface area contributed by atoms with Crippen LogP contribution in [0, 0.1) is 6.92 Å². The lowest BCUT2D eigenvalue weighted by Gasteiger charge is -2.47. The van der Waals surface area contributed by atoms with E-state index >= 15 is 0 Å². The lowest BCUT2D eigenvalue weighted by molar-refractivity contribution is 0.0938. The van der Waals surface area contributed by atoms with Gasteiger partial charge >= 0.3 is 0 Å². The first-order valence-corrected chi connectivity index (χ1v) is 7.83. The van der Waals surface area contributed by atoms with Crippen molar-refractivity contribution in [3.05, 3.63) is 34.9 Å². The Morgan fingerprint density at radius 1 is 1.32 bits per heavy atom. The van der Waals surface area contributed by atoms with E-state index in [0.717, 1.165) is 5.56 Å². The Morgan fingerprint density at radius 2 is 1.95 bits per heavy atom. The number of benzene rings is 1. The van der Waals surface area contributed by atoms with E-state index in [-0.39, 0.29) is 29.2 Å². The second-order valence-electron chi connectivity index (χ2n) is 4.89. The standard InChI is InChI=1S/C13H17NO4S/c1-8-5-10(9(2)15)3-4-12(8)13(16)14-11-6-19(17,18)7-11/h3-5,11,17-18H,6-7H2,1-2H3,(H,14,16). The summed E-state index contributed by atoms with van der Waals surface area (Å²) in [6, 6.07) is 4.76. The zero-order valence-electron chi connectivity index (χ0n) is 10.8. The van der Waals surface area contributed by atoms with Crippen molar-refractivity contribution in [1.82, 2.24) is 5.32 Å². The highest BCUT2D eigenvalue weighted by molar-refractivity contribution is 8.25. The molecule has 0 aromatic heterocycles. The van der Waals surface area contributed by atoms with Gasteiger partial charge in [0, 0.05) is 11.1 Å². The van der Waals surface area contributed by atoms with Gasteiger partial charge in [0.05, 0.1) is 17.5 Å². The van der Waals surface area contributed by atoms with Gasteiger partial charge in [0.2, 0.25) is 0 Å². The number of hydrogen-bond acceptors (Lipinski definition) is 4. The Balaban J connectivity index is 2.06. The summed E-state index contributed by atoms with van der Waals surface area (Å²) in [6.45, 7) is 3.25. The Kier molecular flexibility index (Phi) is 3.66. The molecule has 0 bridgehead atoms. The summed E-state index contributed by atoms with van der Waals surface area (Å²) in [6.07, 6.45) is 0. The normalized spacial score (nSPS) is 19.4. The maximum Gasteiger partial charge on any atom is 0.251 e. The first-order valence-electron chi connectivity index (χ1n) is 5.94. The molecule has 5 nitrogen and oxygen atoms in total. The zero-order valence-corrected chi connectivity index (χ0v) is 11.7. The quantitative estimate of drug-likeness (QED) is 0.741. The van der Waals surface area contributed by atoms with Crippen molar-refractivity contribution >= 4 is 22.3 Å². The molecule has 1 aromatic carbocycles. The van der Waals surface area contributed by atoms with Crippen LogP contribution in [0.4, 0.5) is 0 Å². The van der Waals surface area contributed by atoms with E-state index < -0.39 is 10.6 Å². The molecule has 0 saturated carbocycles. The molecule has 1 heterocycles. The number of nitrogens with one attached hydrogen (secondary N) is 1. The van der Waals surface area contributed by atoms with Gasteiger partial charge in [-0.25, -0.2) is 0 Å². The molecule has 0 aliphatic carbocycles. The molecule has 1 aliphatic heterocycles. The van der Waals surface area contributed by atoms with E-state index in [0.29, 0.717) is 11.1 Å². The number of aryl methyl sites for hydroxylation is 1. The highest BCUT2D eigenvalue weighted by atomic mass is 32.3. The molecule has 1 saturated heterocycles. The number of hydrogen-bond donors (Lipinski definition) is 3. The number of amides is 1.